The molecule has 3 heterocycles. The summed E-state index contributed by atoms with van der Waals surface area (Å²) in [6.07, 6.45) is 4.59. The van der Waals surface area contributed by atoms with Crippen LogP contribution in [-0.2, 0) is 9.53 Å². The van der Waals surface area contributed by atoms with Crippen molar-refractivity contribution in [1.82, 2.24) is 15.0 Å². The third-order valence-electron chi connectivity index (χ3n) is 5.08. The van der Waals surface area contributed by atoms with E-state index in [1.165, 1.54) is 24.7 Å². The highest BCUT2D eigenvalue weighted by molar-refractivity contribution is 6.06. The lowest BCUT2D eigenvalue weighted by atomic mass is 9.96. The van der Waals surface area contributed by atoms with E-state index in [0.29, 0.717) is 28.3 Å². The third kappa shape index (κ3) is 4.28. The smallest absolute Gasteiger partial charge is 0.306 e. The number of pyridine rings is 1. The number of anilines is 1. The first-order valence-electron chi connectivity index (χ1n) is 9.96. The first-order chi connectivity index (χ1) is 14.9. The zero-order valence-electron chi connectivity index (χ0n) is 17.1. The Kier molecular flexibility index (Phi) is 5.70. The molecule has 1 unspecified atom stereocenters. The van der Waals surface area contributed by atoms with Crippen LogP contribution in [0.15, 0.2) is 48.9 Å². The van der Waals surface area contributed by atoms with E-state index in [1.54, 1.807) is 24.3 Å². The van der Waals surface area contributed by atoms with Gasteiger partial charge in [-0.25, -0.2) is 14.4 Å². The van der Waals surface area contributed by atoms with E-state index in [1.807, 2.05) is 13.8 Å². The zero-order valence-corrected chi connectivity index (χ0v) is 17.1. The molecule has 8 heteroatoms. The Morgan fingerprint density at radius 1 is 1.13 bits per heavy atom. The fourth-order valence-electron chi connectivity index (χ4n) is 3.45. The maximum Gasteiger partial charge on any atom is 0.306 e. The normalized spacial score (nSPS) is 15.7. The van der Waals surface area contributed by atoms with Gasteiger partial charge in [-0.1, -0.05) is 32.0 Å². The standard InChI is InChI=1S/C23H21FN4O3/c1-13(2)22-26-10-15(11-27-22)23(30)28-21-17(16-5-3-4-6-18(16)24)7-8-25-20(21)14-9-19(29)31-12-14/h3-8,10-11,13-14H,9,12H2,1-2H3,(H,28,30). The second kappa shape index (κ2) is 8.59. The van der Waals surface area contributed by atoms with Crippen molar-refractivity contribution in [2.75, 3.05) is 11.9 Å². The molecule has 1 saturated heterocycles. The molecular formula is C23H21FN4O3. The fourth-order valence-corrected chi connectivity index (χ4v) is 3.45. The maximum atomic E-state index is 14.6. The predicted octanol–water partition coefficient (Wildman–Crippen LogP) is 4.08. The molecule has 1 amide bonds. The van der Waals surface area contributed by atoms with E-state index in [9.17, 15) is 14.0 Å². The number of hydrogen-bond donors (Lipinski definition) is 1. The number of hydrogen-bond acceptors (Lipinski definition) is 6. The minimum Gasteiger partial charge on any atom is -0.465 e. The molecule has 0 bridgehead atoms. The molecule has 1 N–H and O–H groups in total. The maximum absolute atomic E-state index is 14.6. The molecule has 2 aromatic heterocycles. The molecule has 0 radical (unpaired) electrons. The molecule has 1 aliphatic rings. The first-order valence-corrected chi connectivity index (χ1v) is 9.96. The van der Waals surface area contributed by atoms with Gasteiger partial charge >= 0.3 is 5.97 Å². The van der Waals surface area contributed by atoms with Gasteiger partial charge in [0.1, 0.15) is 18.2 Å². The lowest BCUT2D eigenvalue weighted by molar-refractivity contribution is -0.137. The predicted molar refractivity (Wildman–Crippen MR) is 112 cm³/mol. The highest BCUT2D eigenvalue weighted by Gasteiger charge is 2.30. The van der Waals surface area contributed by atoms with Gasteiger partial charge in [0.25, 0.3) is 5.91 Å². The second-order valence-corrected chi connectivity index (χ2v) is 7.62. The minimum atomic E-state index is -0.451. The molecule has 0 saturated carbocycles. The van der Waals surface area contributed by atoms with Crippen molar-refractivity contribution in [3.05, 3.63) is 71.8 Å². The van der Waals surface area contributed by atoms with Crippen LogP contribution in [0.2, 0.25) is 0 Å². The molecule has 7 nitrogen and oxygen atoms in total. The van der Waals surface area contributed by atoms with Crippen molar-refractivity contribution < 1.29 is 18.7 Å². The summed E-state index contributed by atoms with van der Waals surface area (Å²) >= 11 is 0. The highest BCUT2D eigenvalue weighted by Crippen LogP contribution is 2.37. The van der Waals surface area contributed by atoms with Gasteiger partial charge in [0.05, 0.1) is 23.4 Å². The Labute approximate surface area is 178 Å². The van der Waals surface area contributed by atoms with Crippen molar-refractivity contribution in [3.8, 4) is 11.1 Å². The Morgan fingerprint density at radius 2 is 1.87 bits per heavy atom. The van der Waals surface area contributed by atoms with Crippen LogP contribution in [0.1, 0.15) is 54.0 Å². The summed E-state index contributed by atoms with van der Waals surface area (Å²) in [5.74, 6) is -0.792. The van der Waals surface area contributed by atoms with E-state index < -0.39 is 11.7 Å². The monoisotopic (exact) mass is 420 g/mol. The van der Waals surface area contributed by atoms with Gasteiger partial charge in [-0.15, -0.1) is 0 Å². The van der Waals surface area contributed by atoms with Gasteiger partial charge < -0.3 is 10.1 Å². The number of carbonyl (C=O) groups is 2. The minimum absolute atomic E-state index is 0.134. The summed E-state index contributed by atoms with van der Waals surface area (Å²) in [7, 11) is 0. The van der Waals surface area contributed by atoms with Crippen LogP contribution in [0.4, 0.5) is 10.1 Å². The highest BCUT2D eigenvalue weighted by atomic mass is 19.1. The van der Waals surface area contributed by atoms with E-state index >= 15 is 0 Å². The van der Waals surface area contributed by atoms with Crippen molar-refractivity contribution in [3.63, 3.8) is 0 Å². The average Bonchev–Trinajstić information content (AvgIpc) is 3.20. The molecule has 31 heavy (non-hydrogen) atoms. The lowest BCUT2D eigenvalue weighted by Gasteiger charge is -2.18. The Morgan fingerprint density at radius 3 is 2.52 bits per heavy atom. The second-order valence-electron chi connectivity index (χ2n) is 7.62. The van der Waals surface area contributed by atoms with Crippen molar-refractivity contribution >= 4 is 17.6 Å². The number of cyclic esters (lactones) is 1. The molecular weight excluding hydrogens is 399 g/mol. The van der Waals surface area contributed by atoms with Crippen LogP contribution < -0.4 is 5.32 Å². The van der Waals surface area contributed by atoms with Gasteiger partial charge in [-0.2, -0.15) is 0 Å². The summed E-state index contributed by atoms with van der Waals surface area (Å²) in [5.41, 5.74) is 1.86. The SMILES string of the molecule is CC(C)c1ncc(C(=O)Nc2c(-c3ccccc3F)ccnc2C2COC(=O)C2)cn1. The van der Waals surface area contributed by atoms with Gasteiger partial charge in [-0.05, 0) is 12.1 Å². The first kappa shape index (κ1) is 20.6. The van der Waals surface area contributed by atoms with E-state index in [2.05, 4.69) is 20.3 Å². The molecule has 1 aromatic carbocycles. The fraction of sp³-hybridized carbons (Fsp3) is 0.261. The van der Waals surface area contributed by atoms with Gasteiger partial charge in [0.2, 0.25) is 0 Å². The molecule has 0 spiro atoms. The zero-order chi connectivity index (χ0) is 22.0. The van der Waals surface area contributed by atoms with Crippen LogP contribution in [0.5, 0.6) is 0 Å². The molecule has 1 fully saturated rings. The summed E-state index contributed by atoms with van der Waals surface area (Å²) in [5, 5.41) is 2.85. The van der Waals surface area contributed by atoms with E-state index in [-0.39, 0.29) is 36.4 Å². The number of rotatable bonds is 5. The number of nitrogens with zero attached hydrogens (tertiary/aromatic N) is 3. The molecule has 1 atom stereocenters. The lowest BCUT2D eigenvalue weighted by Crippen LogP contribution is -2.17. The molecule has 1 aliphatic heterocycles. The Balaban J connectivity index is 1.75. The Hall–Kier alpha value is -3.68. The summed E-state index contributed by atoms with van der Waals surface area (Å²) < 4.78 is 19.7. The molecule has 158 valence electrons. The van der Waals surface area contributed by atoms with Crippen molar-refractivity contribution in [2.24, 2.45) is 0 Å². The molecule has 3 aromatic rings. The number of amides is 1. The van der Waals surface area contributed by atoms with Crippen LogP contribution >= 0.6 is 0 Å². The van der Waals surface area contributed by atoms with Crippen molar-refractivity contribution in [2.45, 2.75) is 32.1 Å². The topological polar surface area (TPSA) is 94.1 Å². The number of ether oxygens (including phenoxy) is 1. The Bertz CT molecular complexity index is 1130. The molecule has 0 aliphatic carbocycles. The summed E-state index contributed by atoms with van der Waals surface area (Å²) in [6, 6.07) is 7.91. The number of nitrogens with one attached hydrogen (secondary N) is 1. The van der Waals surface area contributed by atoms with Gasteiger partial charge in [-0.3, -0.25) is 14.6 Å². The summed E-state index contributed by atoms with van der Waals surface area (Å²) in [4.78, 5) is 37.5. The number of esters is 1. The number of carbonyl (C=O) groups excluding carboxylic acids is 2. The van der Waals surface area contributed by atoms with Gasteiger partial charge in [0.15, 0.2) is 0 Å². The van der Waals surface area contributed by atoms with E-state index in [0.717, 1.165) is 0 Å². The number of benzene rings is 1. The van der Waals surface area contributed by atoms with Crippen LogP contribution in [0, 0.1) is 5.82 Å². The van der Waals surface area contributed by atoms with Crippen LogP contribution in [0.3, 0.4) is 0 Å². The quantitative estimate of drug-likeness (QED) is 0.625. The van der Waals surface area contributed by atoms with Crippen LogP contribution in [0.25, 0.3) is 11.1 Å². The number of aromatic nitrogens is 3. The van der Waals surface area contributed by atoms with Crippen LogP contribution in [-0.4, -0.2) is 33.4 Å². The average molecular weight is 420 g/mol. The van der Waals surface area contributed by atoms with E-state index in [4.69, 9.17) is 4.74 Å². The van der Waals surface area contributed by atoms with Crippen molar-refractivity contribution in [1.29, 1.82) is 0 Å². The summed E-state index contributed by atoms with van der Waals surface area (Å²) in [6.45, 7) is 4.08. The largest absolute Gasteiger partial charge is 0.465 e. The number of halogens is 1. The molecule has 4 rings (SSSR count). The third-order valence-corrected chi connectivity index (χ3v) is 5.08. The van der Waals surface area contributed by atoms with Gasteiger partial charge in [0, 0.05) is 41.6 Å².